The van der Waals surface area contributed by atoms with Gasteiger partial charge in [0.15, 0.2) is 11.5 Å². The molecule has 0 radical (unpaired) electrons. The van der Waals surface area contributed by atoms with Crippen molar-refractivity contribution in [2.24, 2.45) is 0 Å². The molecule has 136 valence electrons. The molecule has 1 atom stereocenters. The van der Waals surface area contributed by atoms with Crippen LogP contribution in [-0.4, -0.2) is 37.0 Å². The number of methoxy groups -OCH3 is 1. The lowest BCUT2D eigenvalue weighted by atomic mass is 10.1. The maximum absolute atomic E-state index is 13.0. The van der Waals surface area contributed by atoms with E-state index in [4.69, 9.17) is 14.2 Å². The van der Waals surface area contributed by atoms with Crippen LogP contribution in [0.4, 0.5) is 0 Å². The van der Waals surface area contributed by atoms with E-state index < -0.39 is 0 Å². The number of amides is 1. The van der Waals surface area contributed by atoms with Crippen LogP contribution in [-0.2, 0) is 11.2 Å². The number of hydrogen-bond acceptors (Lipinski definition) is 5. The molecule has 2 aromatic carbocycles. The van der Waals surface area contributed by atoms with E-state index in [-0.39, 0.29) is 18.1 Å². The van der Waals surface area contributed by atoms with Crippen LogP contribution in [0.1, 0.15) is 16.5 Å². The van der Waals surface area contributed by atoms with E-state index in [2.05, 4.69) is 15.9 Å². The summed E-state index contributed by atoms with van der Waals surface area (Å²) in [4.78, 5) is 14.9. The Labute approximate surface area is 164 Å². The predicted octanol–water partition coefficient (Wildman–Crippen LogP) is 4.00. The van der Waals surface area contributed by atoms with Gasteiger partial charge in [-0.1, -0.05) is 22.0 Å². The number of halogens is 1. The first-order chi connectivity index (χ1) is 12.7. The van der Waals surface area contributed by atoms with Gasteiger partial charge in [-0.15, -0.1) is 11.8 Å². The standard InChI is InChI=1S/C19H18BrNO4S/c1-23-15-5-3-13(20)10-14(15)19-21(6-7-26-19)18(22)9-12-2-4-16-17(8-12)25-11-24-16/h2-5,8,10,19H,6-7,9,11H2,1H3. The lowest BCUT2D eigenvalue weighted by Gasteiger charge is -2.25. The summed E-state index contributed by atoms with van der Waals surface area (Å²) in [5.74, 6) is 3.24. The zero-order valence-electron chi connectivity index (χ0n) is 14.2. The summed E-state index contributed by atoms with van der Waals surface area (Å²) in [6, 6.07) is 11.6. The van der Waals surface area contributed by atoms with Crippen molar-refractivity contribution in [3.8, 4) is 17.2 Å². The van der Waals surface area contributed by atoms with Crippen LogP contribution in [0.2, 0.25) is 0 Å². The second-order valence-electron chi connectivity index (χ2n) is 6.06. The molecular formula is C19H18BrNO4S. The van der Waals surface area contributed by atoms with E-state index in [9.17, 15) is 4.79 Å². The third-order valence-corrected chi connectivity index (χ3v) is 6.20. The number of carbonyl (C=O) groups is 1. The minimum absolute atomic E-state index is 0.0380. The molecule has 26 heavy (non-hydrogen) atoms. The Bertz CT molecular complexity index is 844. The molecule has 1 unspecified atom stereocenters. The third kappa shape index (κ3) is 3.38. The lowest BCUT2D eigenvalue weighted by Crippen LogP contribution is -2.31. The molecule has 0 aliphatic carbocycles. The molecule has 1 fully saturated rings. The van der Waals surface area contributed by atoms with Gasteiger partial charge in [0, 0.05) is 22.3 Å². The fourth-order valence-corrected chi connectivity index (χ4v) is 4.88. The van der Waals surface area contributed by atoms with Gasteiger partial charge < -0.3 is 19.1 Å². The highest BCUT2D eigenvalue weighted by atomic mass is 79.9. The molecule has 2 aliphatic rings. The Morgan fingerprint density at radius 2 is 2.12 bits per heavy atom. The SMILES string of the molecule is COc1ccc(Br)cc1C1SCCN1C(=O)Cc1ccc2c(c1)OCO2. The first kappa shape index (κ1) is 17.5. The molecule has 5 nitrogen and oxygen atoms in total. The van der Waals surface area contributed by atoms with Gasteiger partial charge in [0.25, 0.3) is 0 Å². The Hall–Kier alpha value is -1.86. The molecule has 0 N–H and O–H groups in total. The topological polar surface area (TPSA) is 48.0 Å². The van der Waals surface area contributed by atoms with Crippen LogP contribution in [0.3, 0.4) is 0 Å². The highest BCUT2D eigenvalue weighted by molar-refractivity contribution is 9.10. The number of rotatable bonds is 4. The predicted molar refractivity (Wildman–Crippen MR) is 104 cm³/mol. The average molecular weight is 436 g/mol. The van der Waals surface area contributed by atoms with Crippen molar-refractivity contribution in [3.05, 3.63) is 52.0 Å². The average Bonchev–Trinajstić information content (AvgIpc) is 3.30. The number of fused-ring (bicyclic) bond motifs is 1. The van der Waals surface area contributed by atoms with E-state index in [0.717, 1.165) is 39.4 Å². The Morgan fingerprint density at radius 1 is 1.27 bits per heavy atom. The van der Waals surface area contributed by atoms with E-state index >= 15 is 0 Å². The number of carbonyl (C=O) groups excluding carboxylic acids is 1. The fraction of sp³-hybridized carbons (Fsp3) is 0.316. The van der Waals surface area contributed by atoms with Crippen molar-refractivity contribution in [2.75, 3.05) is 26.2 Å². The van der Waals surface area contributed by atoms with Gasteiger partial charge in [0.1, 0.15) is 11.1 Å². The largest absolute Gasteiger partial charge is 0.496 e. The molecule has 0 bridgehead atoms. The number of benzene rings is 2. The molecule has 4 rings (SSSR count). The molecule has 0 saturated carbocycles. The summed E-state index contributed by atoms with van der Waals surface area (Å²) < 4.78 is 17.2. The highest BCUT2D eigenvalue weighted by Gasteiger charge is 2.32. The van der Waals surface area contributed by atoms with Crippen molar-refractivity contribution in [3.63, 3.8) is 0 Å². The van der Waals surface area contributed by atoms with Gasteiger partial charge in [-0.3, -0.25) is 4.79 Å². The van der Waals surface area contributed by atoms with Crippen molar-refractivity contribution < 1.29 is 19.0 Å². The number of thioether (sulfide) groups is 1. The Balaban J connectivity index is 1.55. The molecule has 1 saturated heterocycles. The van der Waals surface area contributed by atoms with Crippen molar-refractivity contribution in [1.82, 2.24) is 4.90 Å². The van der Waals surface area contributed by atoms with Gasteiger partial charge in [0.2, 0.25) is 12.7 Å². The van der Waals surface area contributed by atoms with Gasteiger partial charge in [0.05, 0.1) is 13.5 Å². The quantitative estimate of drug-likeness (QED) is 0.725. The van der Waals surface area contributed by atoms with Crippen molar-refractivity contribution in [2.45, 2.75) is 11.8 Å². The minimum Gasteiger partial charge on any atom is -0.496 e. The van der Waals surface area contributed by atoms with Gasteiger partial charge >= 0.3 is 0 Å². The van der Waals surface area contributed by atoms with Crippen molar-refractivity contribution in [1.29, 1.82) is 0 Å². The second kappa shape index (κ2) is 7.40. The third-order valence-electron chi connectivity index (χ3n) is 4.46. The van der Waals surface area contributed by atoms with Gasteiger partial charge in [-0.05, 0) is 35.9 Å². The maximum Gasteiger partial charge on any atom is 0.231 e. The molecule has 2 aromatic rings. The summed E-state index contributed by atoms with van der Waals surface area (Å²) in [6.07, 6.45) is 0.337. The number of nitrogens with zero attached hydrogens (tertiary/aromatic N) is 1. The van der Waals surface area contributed by atoms with Crippen LogP contribution < -0.4 is 14.2 Å². The first-order valence-corrected chi connectivity index (χ1v) is 10.1. The number of ether oxygens (including phenoxy) is 3. The maximum atomic E-state index is 13.0. The summed E-state index contributed by atoms with van der Waals surface area (Å²) in [6.45, 7) is 0.967. The van der Waals surface area contributed by atoms with Crippen LogP contribution in [0.15, 0.2) is 40.9 Å². The van der Waals surface area contributed by atoms with E-state index in [1.165, 1.54) is 0 Å². The highest BCUT2D eigenvalue weighted by Crippen LogP contribution is 2.43. The van der Waals surface area contributed by atoms with Crippen LogP contribution in [0, 0.1) is 0 Å². The van der Waals surface area contributed by atoms with E-state index in [1.807, 2.05) is 41.3 Å². The van der Waals surface area contributed by atoms with Crippen LogP contribution in [0.5, 0.6) is 17.2 Å². The molecular weight excluding hydrogens is 418 g/mol. The summed E-state index contributed by atoms with van der Waals surface area (Å²) in [7, 11) is 1.66. The monoisotopic (exact) mass is 435 g/mol. The molecule has 2 heterocycles. The molecule has 0 aromatic heterocycles. The second-order valence-corrected chi connectivity index (χ2v) is 8.16. The Kier molecular flexibility index (Phi) is 5.00. The smallest absolute Gasteiger partial charge is 0.231 e. The summed E-state index contributed by atoms with van der Waals surface area (Å²) >= 11 is 5.28. The summed E-state index contributed by atoms with van der Waals surface area (Å²) in [5, 5.41) is -0.0380. The van der Waals surface area contributed by atoms with E-state index in [0.29, 0.717) is 12.2 Å². The van der Waals surface area contributed by atoms with Crippen molar-refractivity contribution >= 4 is 33.6 Å². The minimum atomic E-state index is -0.0380. The zero-order valence-corrected chi connectivity index (χ0v) is 16.6. The molecule has 7 heteroatoms. The Morgan fingerprint density at radius 3 is 2.96 bits per heavy atom. The fourth-order valence-electron chi connectivity index (χ4n) is 3.21. The molecule has 0 spiro atoms. The summed E-state index contributed by atoms with van der Waals surface area (Å²) in [5.41, 5.74) is 1.94. The van der Waals surface area contributed by atoms with Crippen LogP contribution >= 0.6 is 27.7 Å². The first-order valence-electron chi connectivity index (χ1n) is 8.29. The zero-order chi connectivity index (χ0) is 18.1. The normalized spacial score (nSPS) is 18.2. The van der Waals surface area contributed by atoms with Gasteiger partial charge in [-0.25, -0.2) is 0 Å². The molecule has 1 amide bonds. The van der Waals surface area contributed by atoms with E-state index in [1.54, 1.807) is 18.9 Å². The lowest BCUT2D eigenvalue weighted by molar-refractivity contribution is -0.130. The van der Waals surface area contributed by atoms with Crippen LogP contribution in [0.25, 0.3) is 0 Å². The molecule has 2 aliphatic heterocycles. The number of hydrogen-bond donors (Lipinski definition) is 0. The van der Waals surface area contributed by atoms with Gasteiger partial charge in [-0.2, -0.15) is 0 Å².